The summed E-state index contributed by atoms with van der Waals surface area (Å²) in [5.41, 5.74) is 3.18. The third-order valence-electron chi connectivity index (χ3n) is 4.73. The normalized spacial score (nSPS) is 17.2. The zero-order chi connectivity index (χ0) is 18.5. The fourth-order valence-corrected chi connectivity index (χ4v) is 3.49. The topological polar surface area (TPSA) is 82.5 Å². The van der Waals surface area contributed by atoms with Gasteiger partial charge >= 0.3 is 5.97 Å². The van der Waals surface area contributed by atoms with Crippen LogP contribution in [0.3, 0.4) is 0 Å². The number of carboxylic acid groups (broad SMARTS) is 1. The molecule has 1 atom stereocenters. The molecule has 0 bridgehead atoms. The standard InChI is InChI=1S/C20H23N3O3/c1-14(24)22-12-17-11-15(8-9-21-17)19-7-4-10-23(19)13-16-5-2-3-6-18(16)20(25)26/h2-3,5-6,8-9,11,19H,4,7,10,12-13H2,1H3,(H,22,24)(H,25,26)/t19-/m1/s1. The van der Waals surface area contributed by atoms with Crippen LogP contribution in [0.4, 0.5) is 0 Å². The summed E-state index contributed by atoms with van der Waals surface area (Å²) < 4.78 is 0. The highest BCUT2D eigenvalue weighted by molar-refractivity contribution is 5.89. The minimum absolute atomic E-state index is 0.0787. The summed E-state index contributed by atoms with van der Waals surface area (Å²) >= 11 is 0. The first-order valence-electron chi connectivity index (χ1n) is 8.79. The van der Waals surface area contributed by atoms with Gasteiger partial charge in [0.1, 0.15) is 0 Å². The molecule has 2 heterocycles. The van der Waals surface area contributed by atoms with Crippen molar-refractivity contribution in [1.29, 1.82) is 0 Å². The van der Waals surface area contributed by atoms with Crippen LogP contribution in [0.5, 0.6) is 0 Å². The summed E-state index contributed by atoms with van der Waals surface area (Å²) in [5.74, 6) is -0.970. The van der Waals surface area contributed by atoms with Crippen molar-refractivity contribution in [2.24, 2.45) is 0 Å². The summed E-state index contributed by atoms with van der Waals surface area (Å²) in [6, 6.07) is 11.4. The molecule has 1 amide bonds. The Morgan fingerprint density at radius 3 is 2.88 bits per heavy atom. The van der Waals surface area contributed by atoms with Gasteiger partial charge in [-0.05, 0) is 48.7 Å². The lowest BCUT2D eigenvalue weighted by Gasteiger charge is -2.25. The average molecular weight is 353 g/mol. The molecule has 26 heavy (non-hydrogen) atoms. The van der Waals surface area contributed by atoms with Crippen molar-refractivity contribution in [2.45, 2.75) is 38.9 Å². The highest BCUT2D eigenvalue weighted by Gasteiger charge is 2.27. The van der Waals surface area contributed by atoms with Crippen LogP contribution in [0, 0.1) is 0 Å². The Morgan fingerprint density at radius 1 is 1.31 bits per heavy atom. The van der Waals surface area contributed by atoms with Gasteiger partial charge in [-0.3, -0.25) is 14.7 Å². The molecule has 1 aliphatic rings. The van der Waals surface area contributed by atoms with E-state index in [2.05, 4.69) is 15.2 Å². The molecule has 6 heteroatoms. The van der Waals surface area contributed by atoms with Crippen LogP contribution in [0.2, 0.25) is 0 Å². The molecule has 1 aromatic heterocycles. The van der Waals surface area contributed by atoms with Crippen LogP contribution in [-0.4, -0.2) is 33.4 Å². The first-order valence-corrected chi connectivity index (χ1v) is 8.79. The predicted octanol–water partition coefficient (Wildman–Crippen LogP) is 2.75. The van der Waals surface area contributed by atoms with Gasteiger partial charge < -0.3 is 10.4 Å². The van der Waals surface area contributed by atoms with E-state index in [1.54, 1.807) is 18.3 Å². The number of aromatic nitrogens is 1. The fraction of sp³-hybridized carbons (Fsp3) is 0.350. The first-order chi connectivity index (χ1) is 12.5. The minimum Gasteiger partial charge on any atom is -0.478 e. The van der Waals surface area contributed by atoms with Gasteiger partial charge in [-0.2, -0.15) is 0 Å². The maximum Gasteiger partial charge on any atom is 0.336 e. The Balaban J connectivity index is 1.78. The quantitative estimate of drug-likeness (QED) is 0.834. The molecule has 1 saturated heterocycles. The number of pyridine rings is 1. The van der Waals surface area contributed by atoms with E-state index >= 15 is 0 Å². The lowest BCUT2D eigenvalue weighted by molar-refractivity contribution is -0.119. The second-order valence-electron chi connectivity index (χ2n) is 6.58. The molecule has 0 radical (unpaired) electrons. The number of nitrogens with zero attached hydrogens (tertiary/aromatic N) is 2. The predicted molar refractivity (Wildman–Crippen MR) is 97.5 cm³/mol. The first kappa shape index (κ1) is 18.1. The molecule has 1 aromatic carbocycles. The molecule has 0 unspecified atom stereocenters. The second kappa shape index (κ2) is 8.10. The van der Waals surface area contributed by atoms with E-state index < -0.39 is 5.97 Å². The Bertz CT molecular complexity index is 806. The van der Waals surface area contributed by atoms with Crippen LogP contribution >= 0.6 is 0 Å². The molecule has 136 valence electrons. The fourth-order valence-electron chi connectivity index (χ4n) is 3.49. The van der Waals surface area contributed by atoms with Crippen molar-refractivity contribution in [3.8, 4) is 0 Å². The van der Waals surface area contributed by atoms with Crippen LogP contribution in [0.1, 0.15) is 53.0 Å². The number of amides is 1. The van der Waals surface area contributed by atoms with Gasteiger partial charge in [-0.25, -0.2) is 4.79 Å². The number of hydrogen-bond donors (Lipinski definition) is 2. The molecule has 1 aliphatic heterocycles. The summed E-state index contributed by atoms with van der Waals surface area (Å²) in [6.07, 6.45) is 3.87. The van der Waals surface area contributed by atoms with E-state index in [1.165, 1.54) is 6.92 Å². The summed E-state index contributed by atoms with van der Waals surface area (Å²) in [4.78, 5) is 29.2. The number of carboxylic acids is 1. The van der Waals surface area contributed by atoms with Crippen molar-refractivity contribution in [3.63, 3.8) is 0 Å². The smallest absolute Gasteiger partial charge is 0.336 e. The Labute approximate surface area is 152 Å². The lowest BCUT2D eigenvalue weighted by Crippen LogP contribution is -2.24. The SMILES string of the molecule is CC(=O)NCc1cc([C@H]2CCCN2Cc2ccccc2C(=O)O)ccn1. The molecule has 2 N–H and O–H groups in total. The number of carbonyl (C=O) groups is 2. The van der Waals surface area contributed by atoms with Crippen molar-refractivity contribution in [2.75, 3.05) is 6.54 Å². The number of rotatable bonds is 6. The summed E-state index contributed by atoms with van der Waals surface area (Å²) in [6.45, 7) is 3.44. The summed E-state index contributed by atoms with van der Waals surface area (Å²) in [7, 11) is 0. The van der Waals surface area contributed by atoms with Gasteiger partial charge in [0.15, 0.2) is 0 Å². The Morgan fingerprint density at radius 2 is 2.12 bits per heavy atom. The number of hydrogen-bond acceptors (Lipinski definition) is 4. The Kier molecular flexibility index (Phi) is 5.63. The zero-order valence-electron chi connectivity index (χ0n) is 14.8. The van der Waals surface area contributed by atoms with E-state index in [0.29, 0.717) is 18.7 Å². The third kappa shape index (κ3) is 4.26. The highest BCUT2D eigenvalue weighted by atomic mass is 16.4. The van der Waals surface area contributed by atoms with E-state index in [-0.39, 0.29) is 11.9 Å². The molecule has 1 fully saturated rings. The third-order valence-corrected chi connectivity index (χ3v) is 4.73. The summed E-state index contributed by atoms with van der Waals surface area (Å²) in [5, 5.41) is 12.2. The lowest BCUT2D eigenvalue weighted by atomic mass is 10.0. The molecule has 2 aromatic rings. The molecule has 0 spiro atoms. The van der Waals surface area contributed by atoms with Crippen molar-refractivity contribution >= 4 is 11.9 Å². The van der Waals surface area contributed by atoms with Gasteiger partial charge in [0.2, 0.25) is 5.91 Å². The van der Waals surface area contributed by atoms with Gasteiger partial charge in [0.05, 0.1) is 17.8 Å². The number of carbonyl (C=O) groups excluding carboxylic acids is 1. The highest BCUT2D eigenvalue weighted by Crippen LogP contribution is 2.33. The second-order valence-corrected chi connectivity index (χ2v) is 6.58. The maximum atomic E-state index is 11.5. The van der Waals surface area contributed by atoms with Gasteiger partial charge in [-0.1, -0.05) is 18.2 Å². The van der Waals surface area contributed by atoms with E-state index in [0.717, 1.165) is 36.2 Å². The molecule has 0 saturated carbocycles. The van der Waals surface area contributed by atoms with Crippen LogP contribution in [0.15, 0.2) is 42.6 Å². The van der Waals surface area contributed by atoms with Crippen LogP contribution in [-0.2, 0) is 17.9 Å². The van der Waals surface area contributed by atoms with Crippen molar-refractivity contribution < 1.29 is 14.7 Å². The molecular formula is C20H23N3O3. The van der Waals surface area contributed by atoms with E-state index in [4.69, 9.17) is 0 Å². The zero-order valence-corrected chi connectivity index (χ0v) is 14.8. The Hall–Kier alpha value is -2.73. The molecular weight excluding hydrogens is 330 g/mol. The van der Waals surface area contributed by atoms with E-state index in [9.17, 15) is 14.7 Å². The van der Waals surface area contributed by atoms with Gasteiger partial charge in [-0.15, -0.1) is 0 Å². The van der Waals surface area contributed by atoms with Gasteiger partial charge in [0.25, 0.3) is 0 Å². The molecule has 0 aliphatic carbocycles. The maximum absolute atomic E-state index is 11.5. The molecule has 6 nitrogen and oxygen atoms in total. The van der Waals surface area contributed by atoms with Crippen LogP contribution in [0.25, 0.3) is 0 Å². The molecule has 3 rings (SSSR count). The number of benzene rings is 1. The average Bonchev–Trinajstić information content (AvgIpc) is 3.08. The number of likely N-dealkylation sites (tertiary alicyclic amines) is 1. The minimum atomic E-state index is -0.891. The largest absolute Gasteiger partial charge is 0.478 e. The van der Waals surface area contributed by atoms with Crippen molar-refractivity contribution in [3.05, 3.63) is 65.0 Å². The number of nitrogens with one attached hydrogen (secondary N) is 1. The number of aromatic carboxylic acids is 1. The van der Waals surface area contributed by atoms with Gasteiger partial charge in [0, 0.05) is 25.7 Å². The van der Waals surface area contributed by atoms with E-state index in [1.807, 2.05) is 24.3 Å². The van der Waals surface area contributed by atoms with Crippen LogP contribution < -0.4 is 5.32 Å². The van der Waals surface area contributed by atoms with Crippen molar-refractivity contribution in [1.82, 2.24) is 15.2 Å². The monoisotopic (exact) mass is 353 g/mol.